The van der Waals surface area contributed by atoms with Gasteiger partial charge in [0.1, 0.15) is 5.82 Å². The highest BCUT2D eigenvalue weighted by Gasteiger charge is 2.20. The monoisotopic (exact) mass is 386 g/mol. The molecule has 0 aromatic carbocycles. The van der Waals surface area contributed by atoms with E-state index in [0.29, 0.717) is 6.04 Å². The molecule has 3 rings (SSSR count). The molecule has 2 fully saturated rings. The van der Waals surface area contributed by atoms with Gasteiger partial charge in [-0.3, -0.25) is 9.89 Å². The lowest BCUT2D eigenvalue weighted by Crippen LogP contribution is -2.48. The van der Waals surface area contributed by atoms with Gasteiger partial charge in [-0.25, -0.2) is 4.98 Å². The van der Waals surface area contributed by atoms with Crippen molar-refractivity contribution >= 4 is 11.8 Å². The van der Waals surface area contributed by atoms with Crippen molar-refractivity contribution in [1.82, 2.24) is 20.5 Å². The number of aliphatic imine (C=N–C) groups is 1. The van der Waals surface area contributed by atoms with Crippen molar-refractivity contribution < 1.29 is 4.74 Å². The molecule has 0 saturated carbocycles. The number of guanidine groups is 1. The van der Waals surface area contributed by atoms with Crippen molar-refractivity contribution in [3.8, 4) is 0 Å². The molecule has 0 bridgehead atoms. The van der Waals surface area contributed by atoms with Crippen molar-refractivity contribution in [2.45, 2.75) is 38.5 Å². The first-order valence-electron chi connectivity index (χ1n) is 10.3. The number of nitrogens with one attached hydrogen (secondary N) is 2. The van der Waals surface area contributed by atoms with Crippen LogP contribution in [0.2, 0.25) is 0 Å². The molecule has 0 spiro atoms. The van der Waals surface area contributed by atoms with E-state index in [9.17, 15) is 0 Å². The normalized spacial score (nSPS) is 22.1. The molecule has 2 N–H and O–H groups in total. The highest BCUT2D eigenvalue weighted by molar-refractivity contribution is 5.80. The Morgan fingerprint density at radius 1 is 1.39 bits per heavy atom. The van der Waals surface area contributed by atoms with Crippen LogP contribution in [0.25, 0.3) is 0 Å². The summed E-state index contributed by atoms with van der Waals surface area (Å²) in [6.07, 6.45) is 6.37. The van der Waals surface area contributed by atoms with Crippen LogP contribution in [0.4, 0.5) is 5.82 Å². The molecule has 7 heteroatoms. The maximum Gasteiger partial charge on any atom is 0.191 e. The summed E-state index contributed by atoms with van der Waals surface area (Å²) in [4.78, 5) is 13.7. The number of ether oxygens (including phenoxy) is 1. The van der Waals surface area contributed by atoms with Gasteiger partial charge < -0.3 is 20.3 Å². The summed E-state index contributed by atoms with van der Waals surface area (Å²) in [5.41, 5.74) is 1.20. The van der Waals surface area contributed by atoms with Gasteiger partial charge in [-0.05, 0) is 37.5 Å². The molecule has 2 saturated heterocycles. The third kappa shape index (κ3) is 5.94. The fraction of sp³-hybridized carbons (Fsp3) is 0.619. The van der Waals surface area contributed by atoms with Gasteiger partial charge in [-0.2, -0.15) is 0 Å². The third-order valence-electron chi connectivity index (χ3n) is 5.37. The lowest BCUT2D eigenvalue weighted by Gasteiger charge is -2.32. The van der Waals surface area contributed by atoms with E-state index in [1.807, 2.05) is 19.3 Å². The number of likely N-dealkylation sites (tertiary alicyclic amines) is 1. The van der Waals surface area contributed by atoms with Crippen LogP contribution in [-0.4, -0.2) is 74.4 Å². The van der Waals surface area contributed by atoms with Crippen molar-refractivity contribution in [2.75, 3.05) is 51.3 Å². The summed E-state index contributed by atoms with van der Waals surface area (Å²) in [6.45, 7) is 12.4. The minimum absolute atomic E-state index is 0.248. The molecular formula is C21H34N6O. The second kappa shape index (κ2) is 10.4. The van der Waals surface area contributed by atoms with Gasteiger partial charge in [0.15, 0.2) is 5.96 Å². The highest BCUT2D eigenvalue weighted by atomic mass is 16.5. The van der Waals surface area contributed by atoms with Crippen molar-refractivity contribution in [3.05, 3.63) is 36.5 Å². The van der Waals surface area contributed by atoms with Crippen LogP contribution in [0, 0.1) is 0 Å². The Morgan fingerprint density at radius 3 is 2.93 bits per heavy atom. The molecule has 7 nitrogen and oxygen atoms in total. The zero-order chi connectivity index (χ0) is 19.8. The Balaban J connectivity index is 1.49. The van der Waals surface area contributed by atoms with Crippen molar-refractivity contribution in [1.29, 1.82) is 0 Å². The number of pyridine rings is 1. The van der Waals surface area contributed by atoms with Crippen molar-refractivity contribution in [2.24, 2.45) is 4.99 Å². The predicted molar refractivity (Wildman–Crippen MR) is 115 cm³/mol. The number of rotatable bonds is 6. The van der Waals surface area contributed by atoms with E-state index in [0.717, 1.165) is 70.5 Å². The first-order chi connectivity index (χ1) is 13.7. The summed E-state index contributed by atoms with van der Waals surface area (Å²) in [7, 11) is 1.83. The van der Waals surface area contributed by atoms with Gasteiger partial charge >= 0.3 is 0 Å². The topological polar surface area (TPSA) is 65.0 Å². The minimum atomic E-state index is 0.248. The maximum absolute atomic E-state index is 5.63. The number of morpholine rings is 1. The van der Waals surface area contributed by atoms with E-state index in [1.54, 1.807) is 0 Å². The Hall–Kier alpha value is -2.12. The van der Waals surface area contributed by atoms with E-state index >= 15 is 0 Å². The number of anilines is 1. The van der Waals surface area contributed by atoms with Crippen LogP contribution >= 0.6 is 0 Å². The number of nitrogens with zero attached hydrogens (tertiary/aromatic N) is 4. The highest BCUT2D eigenvalue weighted by Crippen LogP contribution is 2.16. The van der Waals surface area contributed by atoms with Crippen LogP contribution in [0.15, 0.2) is 36.0 Å². The fourth-order valence-corrected chi connectivity index (χ4v) is 3.79. The summed E-state index contributed by atoms with van der Waals surface area (Å²) in [6, 6.07) is 4.68. The zero-order valence-corrected chi connectivity index (χ0v) is 17.2. The molecule has 2 aliphatic rings. The zero-order valence-electron chi connectivity index (χ0n) is 17.2. The largest absolute Gasteiger partial charge is 0.375 e. The first kappa shape index (κ1) is 20.6. The Bertz CT molecular complexity index is 656. The standard InChI is InChI=1S/C21H34N6O/c1-4-9-26-10-6-19(7-11-26)25-21(22-3)24-15-18-5-8-23-20(14-18)27-12-13-28-17(2)16-27/h4-5,8,14,17,19H,1,6-7,9-13,15-16H2,2-3H3,(H2,22,24,25). The number of hydrogen-bond donors (Lipinski definition) is 2. The van der Waals surface area contributed by atoms with Crippen LogP contribution in [0.1, 0.15) is 25.3 Å². The van der Waals surface area contributed by atoms with Crippen LogP contribution in [-0.2, 0) is 11.3 Å². The smallest absolute Gasteiger partial charge is 0.191 e. The van der Waals surface area contributed by atoms with Gasteiger partial charge in [0, 0.05) is 58.6 Å². The average molecular weight is 387 g/mol. The molecule has 0 radical (unpaired) electrons. The van der Waals surface area contributed by atoms with Gasteiger partial charge in [0.05, 0.1) is 12.7 Å². The first-order valence-corrected chi connectivity index (χ1v) is 10.3. The van der Waals surface area contributed by atoms with Crippen LogP contribution < -0.4 is 15.5 Å². The van der Waals surface area contributed by atoms with Gasteiger partial charge in [0.2, 0.25) is 0 Å². The molecule has 2 aliphatic heterocycles. The second-order valence-corrected chi connectivity index (χ2v) is 7.58. The molecule has 1 aromatic rings. The SMILES string of the molecule is C=CCN1CCC(NC(=NC)NCc2ccnc(N3CCOC(C)C3)c2)CC1. The molecular weight excluding hydrogens is 352 g/mol. The second-order valence-electron chi connectivity index (χ2n) is 7.58. The van der Waals surface area contributed by atoms with Gasteiger partial charge in [0.25, 0.3) is 0 Å². The Labute approximate surface area is 168 Å². The molecule has 28 heavy (non-hydrogen) atoms. The lowest BCUT2D eigenvalue weighted by molar-refractivity contribution is 0.0529. The molecule has 154 valence electrons. The third-order valence-corrected chi connectivity index (χ3v) is 5.37. The van der Waals surface area contributed by atoms with Crippen molar-refractivity contribution in [3.63, 3.8) is 0 Å². The van der Waals surface area contributed by atoms with E-state index < -0.39 is 0 Å². The molecule has 0 aliphatic carbocycles. The average Bonchev–Trinajstić information content (AvgIpc) is 2.73. The van der Waals surface area contributed by atoms with Crippen LogP contribution in [0.3, 0.4) is 0 Å². The number of hydrogen-bond acceptors (Lipinski definition) is 5. The molecule has 1 unspecified atom stereocenters. The summed E-state index contributed by atoms with van der Waals surface area (Å²) < 4.78 is 5.63. The van der Waals surface area contributed by atoms with Gasteiger partial charge in [-0.1, -0.05) is 6.08 Å². The van der Waals surface area contributed by atoms with E-state index in [4.69, 9.17) is 4.74 Å². The Morgan fingerprint density at radius 2 is 2.21 bits per heavy atom. The molecule has 1 atom stereocenters. The molecule has 1 aromatic heterocycles. The van der Waals surface area contributed by atoms with E-state index in [-0.39, 0.29) is 6.10 Å². The molecule has 0 amide bonds. The number of aromatic nitrogens is 1. The summed E-state index contributed by atoms with van der Waals surface area (Å²) in [5, 5.41) is 7.01. The summed E-state index contributed by atoms with van der Waals surface area (Å²) in [5.74, 6) is 1.88. The van der Waals surface area contributed by atoms with Crippen LogP contribution in [0.5, 0.6) is 0 Å². The number of piperidine rings is 1. The Kier molecular flexibility index (Phi) is 7.68. The quantitative estimate of drug-likeness (QED) is 0.440. The minimum Gasteiger partial charge on any atom is -0.375 e. The van der Waals surface area contributed by atoms with Gasteiger partial charge in [-0.15, -0.1) is 6.58 Å². The molecule has 3 heterocycles. The predicted octanol–water partition coefficient (Wildman–Crippen LogP) is 1.62. The maximum atomic E-state index is 5.63. The van der Waals surface area contributed by atoms with E-state index in [2.05, 4.69) is 56.0 Å². The summed E-state index contributed by atoms with van der Waals surface area (Å²) >= 11 is 0. The van der Waals surface area contributed by atoms with E-state index in [1.165, 1.54) is 5.56 Å². The lowest BCUT2D eigenvalue weighted by atomic mass is 10.1. The fourth-order valence-electron chi connectivity index (χ4n) is 3.79.